The van der Waals surface area contributed by atoms with E-state index in [0.29, 0.717) is 0 Å². The molecule has 0 aromatic heterocycles. The van der Waals surface area contributed by atoms with E-state index in [1.54, 1.807) is 0 Å². The molecule has 0 unspecified atom stereocenters. The molecule has 0 aliphatic rings. The standard InChI is InChI=1S/C22H18ClF2N3O4S/c23-19-10-9-16(33(31,32)28-15-7-5-14(24)6-8-15)13-18(19)22(30)27-12-11-26-21(29)17-3-1-2-4-20(17)25/h1-10,13,28H,11-12H2,(H,26,29)(H,27,30). The first kappa shape index (κ1) is 24.1. The molecule has 2 amide bonds. The van der Waals surface area contributed by atoms with Crippen LogP contribution in [-0.2, 0) is 10.0 Å². The van der Waals surface area contributed by atoms with Crippen LogP contribution in [0, 0.1) is 11.6 Å². The van der Waals surface area contributed by atoms with Gasteiger partial charge < -0.3 is 10.6 Å². The molecule has 3 aromatic rings. The Morgan fingerprint density at radius 1 is 0.818 bits per heavy atom. The Kier molecular flexibility index (Phi) is 7.62. The lowest BCUT2D eigenvalue weighted by atomic mass is 10.2. The third kappa shape index (κ3) is 6.27. The van der Waals surface area contributed by atoms with Gasteiger partial charge in [0.05, 0.1) is 21.0 Å². The van der Waals surface area contributed by atoms with E-state index in [2.05, 4.69) is 15.4 Å². The van der Waals surface area contributed by atoms with Crippen LogP contribution in [0.1, 0.15) is 20.7 Å². The molecular formula is C22H18ClF2N3O4S. The largest absolute Gasteiger partial charge is 0.350 e. The Morgan fingerprint density at radius 3 is 2.06 bits per heavy atom. The van der Waals surface area contributed by atoms with Crippen molar-refractivity contribution in [2.45, 2.75) is 4.90 Å². The second-order valence-corrected chi connectivity index (χ2v) is 8.84. The van der Waals surface area contributed by atoms with Gasteiger partial charge in [0.1, 0.15) is 11.6 Å². The van der Waals surface area contributed by atoms with E-state index in [1.165, 1.54) is 42.5 Å². The van der Waals surface area contributed by atoms with E-state index < -0.39 is 33.5 Å². The Hall–Kier alpha value is -3.50. The summed E-state index contributed by atoms with van der Waals surface area (Å²) in [6.45, 7) is -0.0131. The Labute approximate surface area is 193 Å². The number of amides is 2. The maximum absolute atomic E-state index is 13.6. The van der Waals surface area contributed by atoms with Gasteiger partial charge in [-0.3, -0.25) is 14.3 Å². The number of carbonyl (C=O) groups is 2. The highest BCUT2D eigenvalue weighted by molar-refractivity contribution is 7.92. The minimum Gasteiger partial charge on any atom is -0.350 e. The van der Waals surface area contributed by atoms with Gasteiger partial charge in [0.15, 0.2) is 0 Å². The van der Waals surface area contributed by atoms with Crippen LogP contribution in [0.3, 0.4) is 0 Å². The monoisotopic (exact) mass is 493 g/mol. The number of rotatable bonds is 8. The number of nitrogens with one attached hydrogen (secondary N) is 3. The van der Waals surface area contributed by atoms with Gasteiger partial charge in [0.2, 0.25) is 0 Å². The number of hydrogen-bond donors (Lipinski definition) is 3. The van der Waals surface area contributed by atoms with Crippen LogP contribution in [-0.4, -0.2) is 33.3 Å². The first-order chi connectivity index (χ1) is 15.7. The normalized spacial score (nSPS) is 11.0. The van der Waals surface area contributed by atoms with Crippen molar-refractivity contribution in [2.24, 2.45) is 0 Å². The molecule has 3 rings (SSSR count). The third-order valence-corrected chi connectivity index (χ3v) is 6.11. The first-order valence-electron chi connectivity index (χ1n) is 9.56. The minimum absolute atomic E-state index is 0.000633. The molecule has 3 N–H and O–H groups in total. The fourth-order valence-corrected chi connectivity index (χ4v) is 4.05. The van der Waals surface area contributed by atoms with Crippen molar-refractivity contribution < 1.29 is 26.8 Å². The number of halogens is 3. The lowest BCUT2D eigenvalue weighted by Gasteiger charge is -2.11. The van der Waals surface area contributed by atoms with Crippen molar-refractivity contribution in [2.75, 3.05) is 17.8 Å². The van der Waals surface area contributed by atoms with E-state index in [1.807, 2.05) is 0 Å². The predicted octanol–water partition coefficient (Wildman–Crippen LogP) is 3.58. The van der Waals surface area contributed by atoms with Gasteiger partial charge >= 0.3 is 0 Å². The zero-order chi connectivity index (χ0) is 24.0. The number of benzene rings is 3. The van der Waals surface area contributed by atoms with Gasteiger partial charge in [-0.25, -0.2) is 17.2 Å². The number of carbonyl (C=O) groups excluding carboxylic acids is 2. The van der Waals surface area contributed by atoms with Gasteiger partial charge in [-0.05, 0) is 54.6 Å². The van der Waals surface area contributed by atoms with Gasteiger partial charge in [0.25, 0.3) is 21.8 Å². The first-order valence-corrected chi connectivity index (χ1v) is 11.4. The minimum atomic E-state index is -4.07. The zero-order valence-corrected chi connectivity index (χ0v) is 18.5. The summed E-state index contributed by atoms with van der Waals surface area (Å²) in [7, 11) is -4.07. The summed E-state index contributed by atoms with van der Waals surface area (Å²) < 4.78 is 54.2. The Bertz CT molecular complexity index is 1290. The molecule has 0 aliphatic heterocycles. The summed E-state index contributed by atoms with van der Waals surface area (Å²) in [5.74, 6) is -2.49. The summed E-state index contributed by atoms with van der Waals surface area (Å²) in [4.78, 5) is 24.2. The van der Waals surface area contributed by atoms with E-state index in [-0.39, 0.29) is 39.8 Å². The molecule has 0 spiro atoms. The lowest BCUT2D eigenvalue weighted by Crippen LogP contribution is -2.35. The van der Waals surface area contributed by atoms with Gasteiger partial charge in [-0.1, -0.05) is 23.7 Å². The summed E-state index contributed by atoms with van der Waals surface area (Å²) in [5, 5.41) is 4.99. The Balaban J connectivity index is 1.62. The SMILES string of the molecule is O=C(NCCNC(=O)c1cc(S(=O)(=O)Nc2ccc(F)cc2)ccc1Cl)c1ccccc1F. The molecule has 0 bridgehead atoms. The van der Waals surface area contributed by atoms with E-state index in [0.717, 1.165) is 24.3 Å². The van der Waals surface area contributed by atoms with Crippen LogP contribution < -0.4 is 15.4 Å². The lowest BCUT2D eigenvalue weighted by molar-refractivity contribution is 0.0925. The van der Waals surface area contributed by atoms with Crippen molar-refractivity contribution in [1.29, 1.82) is 0 Å². The molecule has 3 aromatic carbocycles. The highest BCUT2D eigenvalue weighted by atomic mass is 35.5. The molecule has 33 heavy (non-hydrogen) atoms. The van der Waals surface area contributed by atoms with E-state index >= 15 is 0 Å². The molecule has 0 heterocycles. The van der Waals surface area contributed by atoms with Gasteiger partial charge in [-0.15, -0.1) is 0 Å². The van der Waals surface area contributed by atoms with Crippen molar-refractivity contribution >= 4 is 39.1 Å². The van der Waals surface area contributed by atoms with Gasteiger partial charge in [0, 0.05) is 18.8 Å². The molecule has 0 radical (unpaired) electrons. The van der Waals surface area contributed by atoms with Crippen LogP contribution in [0.15, 0.2) is 71.6 Å². The molecule has 7 nitrogen and oxygen atoms in total. The van der Waals surface area contributed by atoms with E-state index in [4.69, 9.17) is 11.6 Å². The molecule has 0 aliphatic carbocycles. The van der Waals surface area contributed by atoms with Crippen molar-refractivity contribution in [3.63, 3.8) is 0 Å². The zero-order valence-electron chi connectivity index (χ0n) is 16.9. The summed E-state index contributed by atoms with van der Waals surface area (Å²) in [5.41, 5.74) is -0.0829. The van der Waals surface area contributed by atoms with Crippen LogP contribution in [0.5, 0.6) is 0 Å². The van der Waals surface area contributed by atoms with Crippen LogP contribution in [0.2, 0.25) is 5.02 Å². The summed E-state index contributed by atoms with van der Waals surface area (Å²) >= 11 is 6.05. The molecule has 0 saturated heterocycles. The van der Waals surface area contributed by atoms with Crippen molar-refractivity contribution in [3.8, 4) is 0 Å². The quantitative estimate of drug-likeness (QED) is 0.417. The Morgan fingerprint density at radius 2 is 1.42 bits per heavy atom. The summed E-state index contributed by atoms with van der Waals surface area (Å²) in [6.07, 6.45) is 0. The molecule has 172 valence electrons. The predicted molar refractivity (Wildman–Crippen MR) is 120 cm³/mol. The highest BCUT2D eigenvalue weighted by Gasteiger charge is 2.19. The van der Waals surface area contributed by atoms with Gasteiger partial charge in [-0.2, -0.15) is 0 Å². The second kappa shape index (κ2) is 10.4. The van der Waals surface area contributed by atoms with Crippen molar-refractivity contribution in [1.82, 2.24) is 10.6 Å². The molecule has 11 heteroatoms. The fourth-order valence-electron chi connectivity index (χ4n) is 2.77. The molecule has 0 saturated carbocycles. The average Bonchev–Trinajstić information content (AvgIpc) is 2.78. The van der Waals surface area contributed by atoms with Crippen LogP contribution in [0.4, 0.5) is 14.5 Å². The smallest absolute Gasteiger partial charge is 0.261 e. The molecular weight excluding hydrogens is 476 g/mol. The second-order valence-electron chi connectivity index (χ2n) is 6.75. The number of anilines is 1. The maximum Gasteiger partial charge on any atom is 0.261 e. The topological polar surface area (TPSA) is 104 Å². The number of hydrogen-bond acceptors (Lipinski definition) is 4. The molecule has 0 fully saturated rings. The van der Waals surface area contributed by atoms with Crippen molar-refractivity contribution in [3.05, 3.63) is 94.5 Å². The van der Waals surface area contributed by atoms with Crippen LogP contribution in [0.25, 0.3) is 0 Å². The fraction of sp³-hybridized carbons (Fsp3) is 0.0909. The number of sulfonamides is 1. The summed E-state index contributed by atoms with van der Waals surface area (Å²) in [6, 6.07) is 13.8. The average molecular weight is 494 g/mol. The third-order valence-electron chi connectivity index (χ3n) is 4.40. The highest BCUT2D eigenvalue weighted by Crippen LogP contribution is 2.22. The maximum atomic E-state index is 13.6. The van der Waals surface area contributed by atoms with Crippen LogP contribution >= 0.6 is 11.6 Å². The molecule has 0 atom stereocenters. The van der Waals surface area contributed by atoms with E-state index in [9.17, 15) is 26.8 Å².